The molecule has 0 spiro atoms. The summed E-state index contributed by atoms with van der Waals surface area (Å²) in [7, 11) is 4.74. The van der Waals surface area contributed by atoms with Gasteiger partial charge in [0.25, 0.3) is 5.56 Å². The lowest BCUT2D eigenvalue weighted by Crippen LogP contribution is -2.37. The molecule has 10 heteroatoms. The van der Waals surface area contributed by atoms with E-state index in [1.165, 1.54) is 17.9 Å². The predicted molar refractivity (Wildman–Crippen MR) is 114 cm³/mol. The van der Waals surface area contributed by atoms with E-state index in [1.807, 2.05) is 0 Å². The van der Waals surface area contributed by atoms with Crippen LogP contribution in [0.3, 0.4) is 0 Å². The number of carbonyl (C=O) groups is 1. The largest absolute Gasteiger partial charge is 0.492 e. The van der Waals surface area contributed by atoms with E-state index in [0.717, 1.165) is 4.57 Å². The summed E-state index contributed by atoms with van der Waals surface area (Å²) < 4.78 is 9.69. The summed E-state index contributed by atoms with van der Waals surface area (Å²) >= 11 is 5.84. The average molecular weight is 434 g/mol. The number of benzene rings is 1. The molecule has 2 heterocycles. The number of aryl methyl sites for hydroxylation is 2. The maximum absolute atomic E-state index is 12.4. The Hall–Kier alpha value is -3.07. The number of rotatable bonds is 8. The molecule has 1 aromatic carbocycles. The van der Waals surface area contributed by atoms with Gasteiger partial charge in [0.2, 0.25) is 5.91 Å². The summed E-state index contributed by atoms with van der Waals surface area (Å²) in [6.45, 7) is 1.28. The summed E-state index contributed by atoms with van der Waals surface area (Å²) in [5.74, 6) is 0.683. The number of hydrogen-bond acceptors (Lipinski definition) is 5. The number of aromatic nitrogens is 4. The van der Waals surface area contributed by atoms with Gasteiger partial charge in [0.1, 0.15) is 12.4 Å². The van der Waals surface area contributed by atoms with Crippen molar-refractivity contribution in [2.24, 2.45) is 14.1 Å². The highest BCUT2D eigenvalue weighted by Gasteiger charge is 2.15. The van der Waals surface area contributed by atoms with Crippen LogP contribution in [0.25, 0.3) is 11.2 Å². The number of halogens is 1. The van der Waals surface area contributed by atoms with E-state index in [-0.39, 0.29) is 5.91 Å². The molecule has 0 aliphatic heterocycles. The van der Waals surface area contributed by atoms with E-state index in [2.05, 4.69) is 4.98 Å². The fourth-order valence-corrected chi connectivity index (χ4v) is 3.24. The smallest absolute Gasteiger partial charge is 0.332 e. The topological polar surface area (TPSA) is 91.4 Å². The first-order chi connectivity index (χ1) is 14.3. The van der Waals surface area contributed by atoms with E-state index in [0.29, 0.717) is 54.5 Å². The third-order valence-electron chi connectivity index (χ3n) is 4.94. The number of amides is 1. The SMILES string of the molecule is CN(CCOc1ccc(Cl)cc1)C(=O)CCCn1cnc2c1c(=O)n(C)c(=O)n2C. The highest BCUT2D eigenvalue weighted by atomic mass is 35.5. The number of carbonyl (C=O) groups excluding carboxylic acids is 1. The quantitative estimate of drug-likeness (QED) is 0.535. The van der Waals surface area contributed by atoms with Crippen LogP contribution in [0, 0.1) is 0 Å². The molecule has 0 aliphatic carbocycles. The molecule has 160 valence electrons. The van der Waals surface area contributed by atoms with Gasteiger partial charge in [0.05, 0.1) is 12.9 Å². The fraction of sp³-hybridized carbons (Fsp3) is 0.400. The molecule has 3 rings (SSSR count). The summed E-state index contributed by atoms with van der Waals surface area (Å²) in [4.78, 5) is 42.6. The Labute approximate surface area is 178 Å². The highest BCUT2D eigenvalue weighted by molar-refractivity contribution is 6.30. The van der Waals surface area contributed by atoms with Crippen LogP contribution >= 0.6 is 11.6 Å². The van der Waals surface area contributed by atoms with Crippen molar-refractivity contribution in [3.05, 3.63) is 56.5 Å². The van der Waals surface area contributed by atoms with Gasteiger partial charge in [-0.15, -0.1) is 0 Å². The van der Waals surface area contributed by atoms with Crippen LogP contribution in [0.2, 0.25) is 5.02 Å². The molecule has 0 atom stereocenters. The van der Waals surface area contributed by atoms with Crippen molar-refractivity contribution in [2.75, 3.05) is 20.2 Å². The van der Waals surface area contributed by atoms with Gasteiger partial charge in [-0.05, 0) is 30.7 Å². The maximum atomic E-state index is 12.4. The molecule has 9 nitrogen and oxygen atoms in total. The summed E-state index contributed by atoms with van der Waals surface area (Å²) in [5.41, 5.74) is -0.119. The molecule has 0 unspecified atom stereocenters. The van der Waals surface area contributed by atoms with Gasteiger partial charge in [-0.1, -0.05) is 11.6 Å². The van der Waals surface area contributed by atoms with Gasteiger partial charge >= 0.3 is 5.69 Å². The second-order valence-electron chi connectivity index (χ2n) is 7.04. The van der Waals surface area contributed by atoms with E-state index in [1.54, 1.807) is 47.8 Å². The molecule has 0 radical (unpaired) electrons. The Balaban J connectivity index is 1.52. The van der Waals surface area contributed by atoms with Crippen LogP contribution in [-0.2, 0) is 25.4 Å². The van der Waals surface area contributed by atoms with Gasteiger partial charge in [0.15, 0.2) is 11.2 Å². The van der Waals surface area contributed by atoms with Crippen molar-refractivity contribution >= 4 is 28.7 Å². The maximum Gasteiger partial charge on any atom is 0.332 e. The Morgan fingerprint density at radius 1 is 1.17 bits per heavy atom. The number of likely N-dealkylation sites (N-methyl/N-ethyl adjacent to an activating group) is 1. The lowest BCUT2D eigenvalue weighted by Gasteiger charge is -2.17. The Kier molecular flexibility index (Phi) is 6.61. The highest BCUT2D eigenvalue weighted by Crippen LogP contribution is 2.15. The standard InChI is InChI=1S/C20H24ClN5O4/c1-23(11-12-30-15-8-6-14(21)7-9-15)16(27)5-4-10-26-13-22-18-17(26)19(28)25(3)20(29)24(18)2/h6-9,13H,4-5,10-12H2,1-3H3. The van der Waals surface area contributed by atoms with Crippen LogP contribution in [0.5, 0.6) is 5.75 Å². The monoisotopic (exact) mass is 433 g/mol. The average Bonchev–Trinajstić information content (AvgIpc) is 3.16. The first-order valence-electron chi connectivity index (χ1n) is 9.52. The molecule has 0 bridgehead atoms. The van der Waals surface area contributed by atoms with Crippen molar-refractivity contribution in [3.63, 3.8) is 0 Å². The summed E-state index contributed by atoms with van der Waals surface area (Å²) in [6, 6.07) is 7.05. The predicted octanol–water partition coefficient (Wildman–Crippen LogP) is 1.40. The molecule has 0 saturated heterocycles. The van der Waals surface area contributed by atoms with E-state index in [9.17, 15) is 14.4 Å². The zero-order valence-corrected chi connectivity index (χ0v) is 17.9. The lowest BCUT2D eigenvalue weighted by molar-refractivity contribution is -0.130. The summed E-state index contributed by atoms with van der Waals surface area (Å²) in [5, 5.41) is 0.639. The van der Waals surface area contributed by atoms with Crippen LogP contribution < -0.4 is 16.0 Å². The van der Waals surface area contributed by atoms with Crippen molar-refractivity contribution < 1.29 is 9.53 Å². The molecule has 0 fully saturated rings. The minimum absolute atomic E-state index is 0.0144. The van der Waals surface area contributed by atoms with Crippen molar-refractivity contribution in [3.8, 4) is 5.75 Å². The molecule has 2 aromatic heterocycles. The van der Waals surface area contributed by atoms with Crippen LogP contribution in [0.15, 0.2) is 40.2 Å². The van der Waals surface area contributed by atoms with Gasteiger partial charge in [-0.2, -0.15) is 0 Å². The Bertz CT molecular complexity index is 1160. The van der Waals surface area contributed by atoms with Gasteiger partial charge in [0, 0.05) is 39.1 Å². The minimum Gasteiger partial charge on any atom is -0.492 e. The molecule has 0 aliphatic rings. The van der Waals surface area contributed by atoms with E-state index in [4.69, 9.17) is 16.3 Å². The molecule has 3 aromatic rings. The van der Waals surface area contributed by atoms with E-state index >= 15 is 0 Å². The first kappa shape index (κ1) is 21.6. The van der Waals surface area contributed by atoms with E-state index < -0.39 is 11.2 Å². The van der Waals surface area contributed by atoms with Crippen LogP contribution in [0.1, 0.15) is 12.8 Å². The summed E-state index contributed by atoms with van der Waals surface area (Å²) in [6.07, 6.45) is 2.39. The zero-order chi connectivity index (χ0) is 21.8. The van der Waals surface area contributed by atoms with Crippen LogP contribution in [-0.4, -0.2) is 49.7 Å². The number of nitrogens with zero attached hydrogens (tertiary/aromatic N) is 5. The van der Waals surface area contributed by atoms with Crippen molar-refractivity contribution in [2.45, 2.75) is 19.4 Å². The molecule has 0 N–H and O–H groups in total. The molecule has 30 heavy (non-hydrogen) atoms. The Morgan fingerprint density at radius 3 is 2.57 bits per heavy atom. The van der Waals surface area contributed by atoms with Crippen molar-refractivity contribution in [1.82, 2.24) is 23.6 Å². The molecular weight excluding hydrogens is 410 g/mol. The van der Waals surface area contributed by atoms with Gasteiger partial charge in [-0.25, -0.2) is 9.78 Å². The molecule has 1 amide bonds. The minimum atomic E-state index is -0.421. The second-order valence-corrected chi connectivity index (χ2v) is 7.47. The second kappa shape index (κ2) is 9.17. The third kappa shape index (κ3) is 4.56. The normalized spacial score (nSPS) is 11.1. The van der Waals surface area contributed by atoms with Gasteiger partial charge < -0.3 is 14.2 Å². The zero-order valence-electron chi connectivity index (χ0n) is 17.2. The number of imidazole rings is 1. The number of hydrogen-bond donors (Lipinski definition) is 0. The first-order valence-corrected chi connectivity index (χ1v) is 9.90. The third-order valence-corrected chi connectivity index (χ3v) is 5.19. The lowest BCUT2D eigenvalue weighted by atomic mass is 10.2. The fourth-order valence-electron chi connectivity index (χ4n) is 3.11. The Morgan fingerprint density at radius 2 is 1.87 bits per heavy atom. The van der Waals surface area contributed by atoms with Crippen LogP contribution in [0.4, 0.5) is 0 Å². The number of ether oxygens (including phenoxy) is 1. The number of fused-ring (bicyclic) bond motifs is 1. The molecular formula is C20H24ClN5O4. The molecule has 0 saturated carbocycles. The van der Waals surface area contributed by atoms with Gasteiger partial charge in [-0.3, -0.25) is 18.7 Å². The van der Waals surface area contributed by atoms with Crippen molar-refractivity contribution in [1.29, 1.82) is 0 Å².